The zero-order valence-electron chi connectivity index (χ0n) is 13.1. The quantitative estimate of drug-likeness (QED) is 0.778. The monoisotopic (exact) mass is 277 g/mol. The van der Waals surface area contributed by atoms with Crippen LogP contribution in [0.15, 0.2) is 24.3 Å². The minimum atomic E-state index is 0.188. The molecule has 0 spiro atoms. The van der Waals surface area contributed by atoms with Crippen LogP contribution in [0.3, 0.4) is 0 Å². The fourth-order valence-electron chi connectivity index (χ4n) is 2.07. The Hall–Kier alpha value is -1.55. The van der Waals surface area contributed by atoms with Gasteiger partial charge in [0.05, 0.1) is 0 Å². The Balaban J connectivity index is 2.53. The molecule has 0 radical (unpaired) electrons. The van der Waals surface area contributed by atoms with E-state index in [9.17, 15) is 4.79 Å². The Morgan fingerprint density at radius 3 is 2.45 bits per heavy atom. The van der Waals surface area contributed by atoms with Crippen LogP contribution in [0, 0.1) is 0 Å². The molecule has 4 nitrogen and oxygen atoms in total. The Morgan fingerprint density at radius 1 is 1.25 bits per heavy atom. The molecule has 0 aliphatic carbocycles. The number of nitrogen functional groups attached to an aromatic ring is 1. The van der Waals surface area contributed by atoms with Crippen LogP contribution in [0.5, 0.6) is 0 Å². The van der Waals surface area contributed by atoms with Crippen LogP contribution in [0.2, 0.25) is 0 Å². The largest absolute Gasteiger partial charge is 0.398 e. The van der Waals surface area contributed by atoms with Gasteiger partial charge in [0, 0.05) is 38.8 Å². The summed E-state index contributed by atoms with van der Waals surface area (Å²) in [4.78, 5) is 15.6. The van der Waals surface area contributed by atoms with Crippen LogP contribution in [-0.4, -0.2) is 42.4 Å². The summed E-state index contributed by atoms with van der Waals surface area (Å²) in [5.74, 6) is 0.188. The molecule has 0 saturated heterocycles. The maximum absolute atomic E-state index is 11.6. The van der Waals surface area contributed by atoms with Gasteiger partial charge in [0.15, 0.2) is 0 Å². The Kier molecular flexibility index (Phi) is 6.52. The molecule has 0 aliphatic heterocycles. The minimum Gasteiger partial charge on any atom is -0.398 e. The predicted molar refractivity (Wildman–Crippen MR) is 84.3 cm³/mol. The minimum absolute atomic E-state index is 0.188. The summed E-state index contributed by atoms with van der Waals surface area (Å²) in [6, 6.07) is 8.40. The van der Waals surface area contributed by atoms with Crippen molar-refractivity contribution in [2.75, 3.05) is 26.4 Å². The number of carbonyl (C=O) groups excluding carboxylic acids is 1. The highest BCUT2D eigenvalue weighted by Crippen LogP contribution is 2.15. The molecule has 0 atom stereocenters. The Bertz CT molecular complexity index is 429. The highest BCUT2D eigenvalue weighted by atomic mass is 16.2. The molecule has 0 aromatic heterocycles. The van der Waals surface area contributed by atoms with E-state index in [2.05, 4.69) is 24.8 Å². The van der Waals surface area contributed by atoms with Gasteiger partial charge in [-0.15, -0.1) is 0 Å². The van der Waals surface area contributed by atoms with Crippen LogP contribution < -0.4 is 5.73 Å². The summed E-state index contributed by atoms with van der Waals surface area (Å²) in [5.41, 5.74) is 7.99. The van der Waals surface area contributed by atoms with Gasteiger partial charge in [-0.2, -0.15) is 0 Å². The predicted octanol–water partition coefficient (Wildman–Crippen LogP) is 2.35. The average Bonchev–Trinajstić information content (AvgIpc) is 2.39. The molecule has 0 unspecified atom stereocenters. The summed E-state index contributed by atoms with van der Waals surface area (Å²) in [7, 11) is 3.60. The summed E-state index contributed by atoms with van der Waals surface area (Å²) in [5, 5.41) is 0. The lowest BCUT2D eigenvalue weighted by atomic mass is 10.1. The van der Waals surface area contributed by atoms with Gasteiger partial charge in [-0.05, 0) is 38.4 Å². The van der Waals surface area contributed by atoms with E-state index in [0.717, 1.165) is 30.8 Å². The van der Waals surface area contributed by atoms with Gasteiger partial charge in [0.1, 0.15) is 0 Å². The molecule has 2 N–H and O–H groups in total. The van der Waals surface area contributed by atoms with Crippen molar-refractivity contribution in [1.82, 2.24) is 9.80 Å². The van der Waals surface area contributed by atoms with E-state index in [1.54, 1.807) is 19.0 Å². The lowest BCUT2D eigenvalue weighted by molar-refractivity contribution is -0.128. The third-order valence-corrected chi connectivity index (χ3v) is 3.49. The molecule has 1 amide bonds. The first-order chi connectivity index (χ1) is 9.41. The SMILES string of the molecule is CC(C)N(CCCC(=O)N(C)C)Cc1ccccc1N. The van der Waals surface area contributed by atoms with E-state index in [1.165, 1.54) is 0 Å². The number of anilines is 1. The maximum Gasteiger partial charge on any atom is 0.222 e. The third kappa shape index (κ3) is 5.21. The standard InChI is InChI=1S/C16H27N3O/c1-13(2)19(11-7-10-16(20)18(3)4)12-14-8-5-6-9-15(14)17/h5-6,8-9,13H,7,10-12,17H2,1-4H3. The van der Waals surface area contributed by atoms with Gasteiger partial charge >= 0.3 is 0 Å². The molecule has 0 heterocycles. The lowest BCUT2D eigenvalue weighted by Crippen LogP contribution is -2.32. The van der Waals surface area contributed by atoms with Crippen molar-refractivity contribution < 1.29 is 4.79 Å². The molecular formula is C16H27N3O. The normalized spacial score (nSPS) is 11.1. The maximum atomic E-state index is 11.6. The second kappa shape index (κ2) is 7.90. The molecule has 20 heavy (non-hydrogen) atoms. The van der Waals surface area contributed by atoms with E-state index < -0.39 is 0 Å². The molecule has 112 valence electrons. The van der Waals surface area contributed by atoms with Gasteiger partial charge < -0.3 is 10.6 Å². The van der Waals surface area contributed by atoms with Crippen LogP contribution >= 0.6 is 0 Å². The number of hydrogen-bond acceptors (Lipinski definition) is 3. The summed E-state index contributed by atoms with van der Waals surface area (Å²) < 4.78 is 0. The van der Waals surface area contributed by atoms with Crippen LogP contribution in [0.25, 0.3) is 0 Å². The van der Waals surface area contributed by atoms with E-state index in [1.807, 2.05) is 18.2 Å². The molecule has 0 fully saturated rings. The highest BCUT2D eigenvalue weighted by molar-refractivity contribution is 5.75. The smallest absolute Gasteiger partial charge is 0.222 e. The van der Waals surface area contributed by atoms with Crippen molar-refractivity contribution in [2.24, 2.45) is 0 Å². The van der Waals surface area contributed by atoms with E-state index >= 15 is 0 Å². The molecule has 0 bridgehead atoms. The fourth-order valence-corrected chi connectivity index (χ4v) is 2.07. The molecular weight excluding hydrogens is 250 g/mol. The van der Waals surface area contributed by atoms with Crippen molar-refractivity contribution in [3.05, 3.63) is 29.8 Å². The first kappa shape index (κ1) is 16.5. The zero-order chi connectivity index (χ0) is 15.1. The molecule has 1 aromatic carbocycles. The fraction of sp³-hybridized carbons (Fsp3) is 0.562. The number of benzene rings is 1. The molecule has 1 aromatic rings. The van der Waals surface area contributed by atoms with E-state index in [0.29, 0.717) is 12.5 Å². The highest BCUT2D eigenvalue weighted by Gasteiger charge is 2.12. The van der Waals surface area contributed by atoms with E-state index in [-0.39, 0.29) is 5.91 Å². The van der Waals surface area contributed by atoms with Crippen molar-refractivity contribution >= 4 is 11.6 Å². The number of para-hydroxylation sites is 1. The van der Waals surface area contributed by atoms with Crippen molar-refractivity contribution in [3.8, 4) is 0 Å². The molecule has 1 rings (SSSR count). The Labute approximate surface area is 122 Å². The Morgan fingerprint density at radius 2 is 1.90 bits per heavy atom. The van der Waals surface area contributed by atoms with Gasteiger partial charge in [-0.1, -0.05) is 18.2 Å². The molecule has 0 saturated carbocycles. The second-order valence-corrected chi connectivity index (χ2v) is 5.65. The molecule has 4 heteroatoms. The average molecular weight is 277 g/mol. The van der Waals surface area contributed by atoms with Gasteiger partial charge in [-0.25, -0.2) is 0 Å². The lowest BCUT2D eigenvalue weighted by Gasteiger charge is -2.27. The number of hydrogen-bond donors (Lipinski definition) is 1. The topological polar surface area (TPSA) is 49.6 Å². The second-order valence-electron chi connectivity index (χ2n) is 5.65. The first-order valence-electron chi connectivity index (χ1n) is 7.19. The summed E-state index contributed by atoms with van der Waals surface area (Å²) in [6.45, 7) is 6.09. The zero-order valence-corrected chi connectivity index (χ0v) is 13.1. The number of rotatable bonds is 7. The van der Waals surface area contributed by atoms with Crippen molar-refractivity contribution in [1.29, 1.82) is 0 Å². The number of nitrogens with two attached hydrogens (primary N) is 1. The van der Waals surface area contributed by atoms with E-state index in [4.69, 9.17) is 5.73 Å². The van der Waals surface area contributed by atoms with Gasteiger partial charge in [0.2, 0.25) is 5.91 Å². The third-order valence-electron chi connectivity index (χ3n) is 3.49. The van der Waals surface area contributed by atoms with Crippen LogP contribution in [0.1, 0.15) is 32.3 Å². The van der Waals surface area contributed by atoms with Crippen LogP contribution in [0.4, 0.5) is 5.69 Å². The summed E-state index contributed by atoms with van der Waals surface area (Å²) in [6.07, 6.45) is 1.47. The van der Waals surface area contributed by atoms with Crippen molar-refractivity contribution in [3.63, 3.8) is 0 Å². The van der Waals surface area contributed by atoms with Gasteiger partial charge in [0.25, 0.3) is 0 Å². The number of amides is 1. The van der Waals surface area contributed by atoms with Gasteiger partial charge in [-0.3, -0.25) is 9.69 Å². The van der Waals surface area contributed by atoms with Crippen molar-refractivity contribution in [2.45, 2.75) is 39.3 Å². The summed E-state index contributed by atoms with van der Waals surface area (Å²) >= 11 is 0. The first-order valence-corrected chi connectivity index (χ1v) is 7.19. The molecule has 0 aliphatic rings. The van der Waals surface area contributed by atoms with Crippen LogP contribution in [-0.2, 0) is 11.3 Å². The number of nitrogens with zero attached hydrogens (tertiary/aromatic N) is 2. The number of carbonyl (C=O) groups is 1.